The summed E-state index contributed by atoms with van der Waals surface area (Å²) in [7, 11) is 0. The fourth-order valence-electron chi connectivity index (χ4n) is 3.56. The maximum Gasteiger partial charge on any atom is 0.321 e. The summed E-state index contributed by atoms with van der Waals surface area (Å²) >= 11 is 0. The van der Waals surface area contributed by atoms with Crippen molar-refractivity contribution in [2.75, 3.05) is 32.7 Å². The summed E-state index contributed by atoms with van der Waals surface area (Å²) in [5.74, 6) is -0.276. The van der Waals surface area contributed by atoms with E-state index in [1.54, 1.807) is 0 Å². The Kier molecular flexibility index (Phi) is 6.64. The molecule has 2 heterocycles. The van der Waals surface area contributed by atoms with E-state index in [-0.39, 0.29) is 18.4 Å². The molecule has 5 amide bonds. The molecule has 0 aliphatic carbocycles. The van der Waals surface area contributed by atoms with Gasteiger partial charge < -0.3 is 20.4 Å². The van der Waals surface area contributed by atoms with Crippen LogP contribution < -0.4 is 16.0 Å². The second-order valence-electron chi connectivity index (χ2n) is 6.96. The number of hydrogen-bond acceptors (Lipinski definition) is 4. The number of nitrogens with one attached hydrogen (secondary N) is 3. The smallest absolute Gasteiger partial charge is 0.321 e. The molecule has 0 spiro atoms. The molecule has 2 fully saturated rings. The summed E-state index contributed by atoms with van der Waals surface area (Å²) in [6.07, 6.45) is 2.13. The number of carbonyl (C=O) groups is 3. The molecule has 146 valence electrons. The minimum absolute atomic E-state index is 0.0364. The first-order chi connectivity index (χ1) is 13.1. The van der Waals surface area contributed by atoms with Crippen molar-refractivity contribution in [1.82, 2.24) is 25.8 Å². The maximum atomic E-state index is 12.0. The highest BCUT2D eigenvalue weighted by atomic mass is 16.2. The average Bonchev–Trinajstić information content (AvgIpc) is 3.12. The monoisotopic (exact) mass is 373 g/mol. The minimum atomic E-state index is -0.470. The molecule has 0 atom stereocenters. The van der Waals surface area contributed by atoms with Crippen LogP contribution in [0.5, 0.6) is 0 Å². The second-order valence-corrected chi connectivity index (χ2v) is 6.96. The van der Waals surface area contributed by atoms with Crippen LogP contribution >= 0.6 is 0 Å². The van der Waals surface area contributed by atoms with E-state index in [1.165, 1.54) is 0 Å². The molecule has 0 aromatic heterocycles. The number of benzene rings is 1. The molecule has 0 bridgehead atoms. The van der Waals surface area contributed by atoms with Gasteiger partial charge in [0.05, 0.1) is 0 Å². The van der Waals surface area contributed by atoms with Gasteiger partial charge in [-0.2, -0.15) is 0 Å². The summed E-state index contributed by atoms with van der Waals surface area (Å²) in [5, 5.41) is 7.89. The Hall–Kier alpha value is -2.61. The molecular weight excluding hydrogens is 346 g/mol. The Balaban J connectivity index is 1.30. The van der Waals surface area contributed by atoms with Crippen molar-refractivity contribution in [3.05, 3.63) is 35.9 Å². The van der Waals surface area contributed by atoms with Crippen LogP contribution in [0.25, 0.3) is 0 Å². The molecule has 3 rings (SSSR count). The van der Waals surface area contributed by atoms with Gasteiger partial charge in [-0.15, -0.1) is 0 Å². The average molecular weight is 373 g/mol. The molecule has 0 saturated carbocycles. The van der Waals surface area contributed by atoms with Gasteiger partial charge in [-0.3, -0.25) is 10.1 Å². The quantitative estimate of drug-likeness (QED) is 0.690. The van der Waals surface area contributed by atoms with Crippen molar-refractivity contribution in [3.63, 3.8) is 0 Å². The number of carbonyl (C=O) groups excluding carboxylic acids is 3. The zero-order chi connectivity index (χ0) is 19.1. The summed E-state index contributed by atoms with van der Waals surface area (Å²) in [6, 6.07) is 9.40. The van der Waals surface area contributed by atoms with Crippen LogP contribution in [0.2, 0.25) is 0 Å². The van der Waals surface area contributed by atoms with E-state index in [1.807, 2.05) is 35.2 Å². The van der Waals surface area contributed by atoms with Crippen LogP contribution in [0.1, 0.15) is 24.8 Å². The molecule has 1 aromatic carbocycles. The number of rotatable bonds is 6. The molecule has 3 N–H and O–H groups in total. The third-order valence-electron chi connectivity index (χ3n) is 5.09. The highest BCUT2D eigenvalue weighted by molar-refractivity contribution is 5.94. The lowest BCUT2D eigenvalue weighted by Gasteiger charge is -2.36. The summed E-state index contributed by atoms with van der Waals surface area (Å²) in [5.41, 5.74) is 0.981. The number of imide groups is 1. The van der Waals surface area contributed by atoms with Gasteiger partial charge in [0, 0.05) is 51.7 Å². The van der Waals surface area contributed by atoms with E-state index < -0.39 is 6.03 Å². The zero-order valence-corrected chi connectivity index (χ0v) is 15.4. The first-order valence-electron chi connectivity index (χ1n) is 9.50. The standard InChI is InChI=1S/C19H27N5O3/c25-17(22-18(26)21-14-15-4-2-1-3-5-15)8-12-23-10-6-16(7-11-23)24-13-9-20-19(24)27/h1-5,16H,6-14H2,(H,20,27)(H2,21,22,25,26). The predicted molar refractivity (Wildman–Crippen MR) is 101 cm³/mol. The third-order valence-corrected chi connectivity index (χ3v) is 5.09. The second kappa shape index (κ2) is 9.36. The molecule has 8 heteroatoms. The third kappa shape index (κ3) is 5.68. The lowest BCUT2D eigenvalue weighted by atomic mass is 10.0. The Labute approximate surface area is 159 Å². The van der Waals surface area contributed by atoms with Gasteiger partial charge >= 0.3 is 12.1 Å². The van der Waals surface area contributed by atoms with Gasteiger partial charge in [0.25, 0.3) is 0 Å². The Morgan fingerprint density at radius 2 is 1.85 bits per heavy atom. The van der Waals surface area contributed by atoms with Crippen molar-refractivity contribution in [3.8, 4) is 0 Å². The maximum absolute atomic E-state index is 12.0. The topological polar surface area (TPSA) is 93.8 Å². The van der Waals surface area contributed by atoms with Crippen LogP contribution in [0.4, 0.5) is 9.59 Å². The van der Waals surface area contributed by atoms with Crippen LogP contribution in [0.15, 0.2) is 30.3 Å². The van der Waals surface area contributed by atoms with E-state index in [9.17, 15) is 14.4 Å². The van der Waals surface area contributed by atoms with E-state index in [4.69, 9.17) is 0 Å². The van der Waals surface area contributed by atoms with Crippen molar-refractivity contribution in [1.29, 1.82) is 0 Å². The fourth-order valence-corrected chi connectivity index (χ4v) is 3.56. The van der Waals surface area contributed by atoms with Gasteiger partial charge in [0.15, 0.2) is 0 Å². The molecule has 0 radical (unpaired) electrons. The largest absolute Gasteiger partial charge is 0.336 e. The molecule has 27 heavy (non-hydrogen) atoms. The highest BCUT2D eigenvalue weighted by Gasteiger charge is 2.30. The minimum Gasteiger partial charge on any atom is -0.336 e. The van der Waals surface area contributed by atoms with Crippen molar-refractivity contribution in [2.45, 2.75) is 31.8 Å². The summed E-state index contributed by atoms with van der Waals surface area (Å²) in [6.45, 7) is 4.24. The molecule has 2 aliphatic heterocycles. The van der Waals surface area contributed by atoms with Crippen molar-refractivity contribution < 1.29 is 14.4 Å². The number of nitrogens with zero attached hydrogens (tertiary/aromatic N) is 2. The van der Waals surface area contributed by atoms with Gasteiger partial charge in [0.1, 0.15) is 0 Å². The van der Waals surface area contributed by atoms with E-state index in [2.05, 4.69) is 20.9 Å². The first-order valence-corrected chi connectivity index (χ1v) is 9.50. The molecule has 0 unspecified atom stereocenters. The normalized spacial score (nSPS) is 18.2. The molecule has 1 aromatic rings. The highest BCUT2D eigenvalue weighted by Crippen LogP contribution is 2.18. The lowest BCUT2D eigenvalue weighted by molar-refractivity contribution is -0.120. The van der Waals surface area contributed by atoms with Crippen molar-refractivity contribution in [2.24, 2.45) is 0 Å². The number of urea groups is 2. The number of amides is 5. The van der Waals surface area contributed by atoms with Crippen LogP contribution in [0.3, 0.4) is 0 Å². The Morgan fingerprint density at radius 3 is 2.52 bits per heavy atom. The SMILES string of the molecule is O=C(CCN1CCC(N2CCNC2=O)CC1)NC(=O)NCc1ccccc1. The van der Waals surface area contributed by atoms with Crippen LogP contribution in [-0.2, 0) is 11.3 Å². The van der Waals surface area contributed by atoms with Gasteiger partial charge in [-0.25, -0.2) is 9.59 Å². The van der Waals surface area contributed by atoms with Gasteiger partial charge in [-0.05, 0) is 18.4 Å². The van der Waals surface area contributed by atoms with Crippen molar-refractivity contribution >= 4 is 18.0 Å². The molecule has 2 aliphatic rings. The molecule has 8 nitrogen and oxygen atoms in total. The van der Waals surface area contributed by atoms with E-state index >= 15 is 0 Å². The summed E-state index contributed by atoms with van der Waals surface area (Å²) in [4.78, 5) is 39.6. The van der Waals surface area contributed by atoms with Gasteiger partial charge in [0.2, 0.25) is 5.91 Å². The van der Waals surface area contributed by atoms with E-state index in [0.29, 0.717) is 19.1 Å². The predicted octanol–water partition coefficient (Wildman–Crippen LogP) is 0.892. The Bertz CT molecular complexity index is 659. The van der Waals surface area contributed by atoms with Crippen LogP contribution in [0, 0.1) is 0 Å². The van der Waals surface area contributed by atoms with E-state index in [0.717, 1.165) is 44.6 Å². The van der Waals surface area contributed by atoms with Gasteiger partial charge in [-0.1, -0.05) is 30.3 Å². The molecular formula is C19H27N5O3. The molecule has 2 saturated heterocycles. The lowest BCUT2D eigenvalue weighted by Crippen LogP contribution is -2.47. The summed E-state index contributed by atoms with van der Waals surface area (Å²) < 4.78 is 0. The number of piperidine rings is 1. The zero-order valence-electron chi connectivity index (χ0n) is 15.4. The number of likely N-dealkylation sites (tertiary alicyclic amines) is 1. The van der Waals surface area contributed by atoms with Crippen LogP contribution in [-0.4, -0.2) is 66.5 Å². The number of hydrogen-bond donors (Lipinski definition) is 3. The Morgan fingerprint density at radius 1 is 1.11 bits per heavy atom. The first kappa shape index (κ1) is 19.2. The fraction of sp³-hybridized carbons (Fsp3) is 0.526.